The van der Waals surface area contributed by atoms with Crippen LogP contribution >= 0.6 is 12.4 Å². The van der Waals surface area contributed by atoms with Gasteiger partial charge in [-0.05, 0) is 35.2 Å². The first-order valence-electron chi connectivity index (χ1n) is 8.27. The quantitative estimate of drug-likeness (QED) is 0.720. The second-order valence-corrected chi connectivity index (χ2v) is 5.88. The third-order valence-electron chi connectivity index (χ3n) is 3.78. The number of nitrogens with two attached hydrogens (primary N) is 1. The van der Waals surface area contributed by atoms with Gasteiger partial charge in [-0.1, -0.05) is 49.7 Å². The highest BCUT2D eigenvalue weighted by Gasteiger charge is 2.30. The molecule has 0 aliphatic carbocycles. The predicted octanol–water partition coefficient (Wildman–Crippen LogP) is 4.42. The van der Waals surface area contributed by atoms with E-state index in [4.69, 9.17) is 5.73 Å². The van der Waals surface area contributed by atoms with Gasteiger partial charge in [0.05, 0.1) is 6.04 Å². The van der Waals surface area contributed by atoms with E-state index < -0.39 is 12.4 Å². The Morgan fingerprint density at radius 3 is 2.07 bits per heavy atom. The molecule has 3 N–H and O–H groups in total. The summed E-state index contributed by atoms with van der Waals surface area (Å²) in [6.07, 6.45) is -3.22. The molecule has 27 heavy (non-hydrogen) atoms. The van der Waals surface area contributed by atoms with Crippen molar-refractivity contribution < 1.29 is 22.7 Å². The van der Waals surface area contributed by atoms with Gasteiger partial charge in [-0.15, -0.1) is 25.6 Å². The molecule has 148 valence electrons. The Labute approximate surface area is 162 Å². The largest absolute Gasteiger partial charge is 0.573 e. The molecule has 0 saturated carbocycles. The van der Waals surface area contributed by atoms with Crippen molar-refractivity contribution in [2.45, 2.75) is 38.7 Å². The zero-order chi connectivity index (χ0) is 19.2. The smallest absolute Gasteiger partial charge is 0.406 e. The van der Waals surface area contributed by atoms with Crippen LogP contribution in [0.15, 0.2) is 48.5 Å². The average molecular weight is 403 g/mol. The fraction of sp³-hybridized carbons (Fsp3) is 0.316. The van der Waals surface area contributed by atoms with Crippen LogP contribution in [0.1, 0.15) is 25.3 Å². The van der Waals surface area contributed by atoms with Crippen LogP contribution in [0.4, 0.5) is 13.2 Å². The van der Waals surface area contributed by atoms with Crippen LogP contribution in [0, 0.1) is 0 Å². The first-order valence-corrected chi connectivity index (χ1v) is 8.27. The summed E-state index contributed by atoms with van der Waals surface area (Å²) >= 11 is 0. The van der Waals surface area contributed by atoms with Gasteiger partial charge in [0.15, 0.2) is 0 Å². The van der Waals surface area contributed by atoms with Crippen LogP contribution in [0.25, 0.3) is 11.1 Å². The summed E-state index contributed by atoms with van der Waals surface area (Å²) in [6.45, 7) is 2.34. The molecule has 2 aromatic rings. The van der Waals surface area contributed by atoms with E-state index in [9.17, 15) is 18.0 Å². The summed E-state index contributed by atoms with van der Waals surface area (Å²) in [4.78, 5) is 11.8. The minimum Gasteiger partial charge on any atom is -0.406 e. The molecule has 2 aromatic carbocycles. The van der Waals surface area contributed by atoms with Gasteiger partial charge < -0.3 is 15.8 Å². The maximum Gasteiger partial charge on any atom is 0.573 e. The molecular formula is C19H22ClF3N2O2. The lowest BCUT2D eigenvalue weighted by atomic mass is 10.0. The summed E-state index contributed by atoms with van der Waals surface area (Å²) in [5, 5.41) is 2.78. The highest BCUT2D eigenvalue weighted by atomic mass is 35.5. The molecule has 0 radical (unpaired) electrons. The minimum absolute atomic E-state index is 0. The fourth-order valence-electron chi connectivity index (χ4n) is 2.43. The van der Waals surface area contributed by atoms with E-state index in [0.29, 0.717) is 13.0 Å². The monoisotopic (exact) mass is 402 g/mol. The number of hydrogen-bond acceptors (Lipinski definition) is 3. The molecule has 0 aliphatic rings. The lowest BCUT2D eigenvalue weighted by Crippen LogP contribution is -2.40. The Balaban J connectivity index is 0.00000364. The van der Waals surface area contributed by atoms with E-state index in [0.717, 1.165) is 23.1 Å². The van der Waals surface area contributed by atoms with Crippen LogP contribution in [-0.2, 0) is 11.3 Å². The van der Waals surface area contributed by atoms with Crippen molar-refractivity contribution in [3.05, 3.63) is 54.1 Å². The standard InChI is InChI=1S/C19H21F3N2O2.ClH/c1-2-3-17(23)18(25)24-12-13-4-6-14(7-5-13)15-8-10-16(11-9-15)26-19(20,21)22;/h4-11,17H,2-3,12,23H2,1H3,(H,24,25);1H/t17-;/m0./s1. The van der Waals surface area contributed by atoms with Crippen LogP contribution < -0.4 is 15.8 Å². The SMILES string of the molecule is CCC[C@H](N)C(=O)NCc1ccc(-c2ccc(OC(F)(F)F)cc2)cc1.Cl. The van der Waals surface area contributed by atoms with Crippen LogP contribution in [0.2, 0.25) is 0 Å². The molecule has 1 atom stereocenters. The van der Waals surface area contributed by atoms with Gasteiger partial charge in [-0.3, -0.25) is 4.79 Å². The summed E-state index contributed by atoms with van der Waals surface area (Å²) in [5.41, 5.74) is 8.27. The van der Waals surface area contributed by atoms with E-state index in [-0.39, 0.29) is 24.1 Å². The first kappa shape index (κ1) is 22.8. The van der Waals surface area contributed by atoms with Crippen molar-refractivity contribution in [1.82, 2.24) is 5.32 Å². The van der Waals surface area contributed by atoms with Gasteiger partial charge in [0.1, 0.15) is 5.75 Å². The van der Waals surface area contributed by atoms with Gasteiger partial charge >= 0.3 is 6.36 Å². The molecule has 8 heteroatoms. The van der Waals surface area contributed by atoms with Crippen LogP contribution in [0.5, 0.6) is 5.75 Å². The number of halogens is 4. The van der Waals surface area contributed by atoms with E-state index >= 15 is 0 Å². The van der Waals surface area contributed by atoms with E-state index in [1.54, 1.807) is 12.1 Å². The summed E-state index contributed by atoms with van der Waals surface area (Å²) in [6, 6.07) is 12.5. The normalized spacial score (nSPS) is 12.0. The van der Waals surface area contributed by atoms with Gasteiger partial charge in [-0.2, -0.15) is 0 Å². The molecule has 1 amide bonds. The Hall–Kier alpha value is -2.25. The molecule has 0 spiro atoms. The topological polar surface area (TPSA) is 64.4 Å². The lowest BCUT2D eigenvalue weighted by molar-refractivity contribution is -0.274. The number of ether oxygens (including phenoxy) is 1. The van der Waals surface area contributed by atoms with Crippen molar-refractivity contribution in [2.24, 2.45) is 5.73 Å². The molecule has 0 fully saturated rings. The fourth-order valence-corrected chi connectivity index (χ4v) is 2.43. The number of carbonyl (C=O) groups is 1. The molecule has 0 unspecified atom stereocenters. The Morgan fingerprint density at radius 2 is 1.59 bits per heavy atom. The van der Waals surface area contributed by atoms with Gasteiger partial charge in [0.2, 0.25) is 5.91 Å². The number of hydrogen-bond donors (Lipinski definition) is 2. The number of carbonyl (C=O) groups excluding carboxylic acids is 1. The number of alkyl halides is 3. The second kappa shape index (κ2) is 10.2. The average Bonchev–Trinajstić information content (AvgIpc) is 2.59. The Morgan fingerprint density at radius 1 is 1.07 bits per heavy atom. The highest BCUT2D eigenvalue weighted by Crippen LogP contribution is 2.26. The first-order chi connectivity index (χ1) is 12.3. The molecular weight excluding hydrogens is 381 g/mol. The zero-order valence-electron chi connectivity index (χ0n) is 14.8. The van der Waals surface area contributed by atoms with E-state index in [1.165, 1.54) is 12.1 Å². The van der Waals surface area contributed by atoms with Gasteiger partial charge in [-0.25, -0.2) is 0 Å². The van der Waals surface area contributed by atoms with Gasteiger partial charge in [0, 0.05) is 6.54 Å². The highest BCUT2D eigenvalue weighted by molar-refractivity contribution is 5.85. The molecule has 0 aliphatic heterocycles. The number of rotatable bonds is 7. The molecule has 0 heterocycles. The predicted molar refractivity (Wildman–Crippen MR) is 101 cm³/mol. The Bertz CT molecular complexity index is 719. The summed E-state index contributed by atoms with van der Waals surface area (Å²) in [5.74, 6) is -0.444. The van der Waals surface area contributed by atoms with Crippen molar-refractivity contribution >= 4 is 18.3 Å². The lowest BCUT2D eigenvalue weighted by Gasteiger charge is -2.12. The zero-order valence-corrected chi connectivity index (χ0v) is 15.6. The third-order valence-corrected chi connectivity index (χ3v) is 3.78. The molecule has 0 saturated heterocycles. The summed E-state index contributed by atoms with van der Waals surface area (Å²) < 4.78 is 40.4. The molecule has 0 aromatic heterocycles. The third kappa shape index (κ3) is 7.48. The van der Waals surface area contributed by atoms with Crippen molar-refractivity contribution in [3.8, 4) is 16.9 Å². The van der Waals surface area contributed by atoms with Crippen molar-refractivity contribution in [3.63, 3.8) is 0 Å². The van der Waals surface area contributed by atoms with Gasteiger partial charge in [0.25, 0.3) is 0 Å². The molecule has 4 nitrogen and oxygen atoms in total. The minimum atomic E-state index is -4.70. The summed E-state index contributed by atoms with van der Waals surface area (Å²) in [7, 11) is 0. The maximum absolute atomic E-state index is 12.2. The van der Waals surface area contributed by atoms with Crippen LogP contribution in [-0.4, -0.2) is 18.3 Å². The maximum atomic E-state index is 12.2. The number of amides is 1. The second-order valence-electron chi connectivity index (χ2n) is 5.88. The molecule has 0 bridgehead atoms. The van der Waals surface area contributed by atoms with Crippen LogP contribution in [0.3, 0.4) is 0 Å². The van der Waals surface area contributed by atoms with Crippen molar-refractivity contribution in [1.29, 1.82) is 0 Å². The number of benzene rings is 2. The Kier molecular flexibility index (Phi) is 8.59. The molecule has 2 rings (SSSR count). The van der Waals surface area contributed by atoms with Crippen molar-refractivity contribution in [2.75, 3.05) is 0 Å². The van der Waals surface area contributed by atoms with E-state index in [2.05, 4.69) is 10.1 Å². The number of nitrogens with one attached hydrogen (secondary N) is 1. The van der Waals surface area contributed by atoms with E-state index in [1.807, 2.05) is 31.2 Å².